The molecule has 0 aliphatic carbocycles. The number of carbonyl (C=O) groups is 2. The van der Waals surface area contributed by atoms with Gasteiger partial charge in [0.25, 0.3) is 0 Å². The topological polar surface area (TPSA) is 68.3 Å². The third kappa shape index (κ3) is 4.10. The summed E-state index contributed by atoms with van der Waals surface area (Å²) in [6.07, 6.45) is -0.346. The van der Waals surface area contributed by atoms with Crippen LogP contribution < -0.4 is 9.47 Å². The van der Waals surface area contributed by atoms with Crippen LogP contribution in [0, 0.1) is 12.8 Å². The zero-order valence-corrected chi connectivity index (χ0v) is 17.6. The molecule has 1 unspecified atom stereocenters. The summed E-state index contributed by atoms with van der Waals surface area (Å²) >= 11 is 0. The number of cyclic esters (lactones) is 1. The number of rotatable bonds is 4. The first-order valence-corrected chi connectivity index (χ1v) is 10.7. The molecule has 2 aromatic rings. The number of benzene rings is 2. The average Bonchev–Trinajstić information content (AvgIpc) is 3.40. The minimum absolute atomic E-state index is 0.0131. The maximum atomic E-state index is 13.2. The number of hydrogen-bond donors (Lipinski definition) is 0. The summed E-state index contributed by atoms with van der Waals surface area (Å²) < 4.78 is 16.4. The molecule has 2 saturated heterocycles. The van der Waals surface area contributed by atoms with Crippen LogP contribution in [0.2, 0.25) is 0 Å². The van der Waals surface area contributed by atoms with E-state index in [9.17, 15) is 9.59 Å². The Morgan fingerprint density at radius 1 is 1.00 bits per heavy atom. The number of ether oxygens (including phenoxy) is 3. The van der Waals surface area contributed by atoms with Crippen molar-refractivity contribution in [1.82, 2.24) is 9.80 Å². The number of fused-ring (bicyclic) bond motifs is 1. The molecule has 31 heavy (non-hydrogen) atoms. The molecule has 0 bridgehead atoms. The molecule has 3 aliphatic rings. The minimum atomic E-state index is -0.493. The van der Waals surface area contributed by atoms with Crippen molar-refractivity contribution in [3.05, 3.63) is 59.2 Å². The third-order valence-electron chi connectivity index (χ3n) is 6.26. The highest BCUT2D eigenvalue weighted by atomic mass is 16.7. The molecule has 0 aromatic heterocycles. The summed E-state index contributed by atoms with van der Waals surface area (Å²) in [6.45, 7) is 5.96. The molecular weight excluding hydrogens is 396 g/mol. The zero-order chi connectivity index (χ0) is 21.4. The van der Waals surface area contributed by atoms with Crippen molar-refractivity contribution in [2.45, 2.75) is 26.0 Å². The van der Waals surface area contributed by atoms with E-state index in [4.69, 9.17) is 14.2 Å². The molecule has 0 saturated carbocycles. The molecule has 7 heteroatoms. The van der Waals surface area contributed by atoms with Gasteiger partial charge in [-0.1, -0.05) is 35.9 Å². The lowest BCUT2D eigenvalue weighted by Gasteiger charge is -2.36. The molecule has 0 N–H and O–H groups in total. The van der Waals surface area contributed by atoms with Gasteiger partial charge in [-0.05, 0) is 30.2 Å². The van der Waals surface area contributed by atoms with Gasteiger partial charge < -0.3 is 19.1 Å². The fraction of sp³-hybridized carbons (Fsp3) is 0.417. The van der Waals surface area contributed by atoms with E-state index in [0.717, 1.165) is 42.3 Å². The van der Waals surface area contributed by atoms with Crippen LogP contribution in [-0.4, -0.2) is 54.6 Å². The number of esters is 1. The van der Waals surface area contributed by atoms with E-state index in [1.807, 2.05) is 48.2 Å². The Kier molecular flexibility index (Phi) is 5.28. The largest absolute Gasteiger partial charge is 0.457 e. The Bertz CT molecular complexity index is 982. The summed E-state index contributed by atoms with van der Waals surface area (Å²) in [5.74, 6) is 0.843. The summed E-state index contributed by atoms with van der Waals surface area (Å²) in [5.41, 5.74) is 3.18. The Labute approximate surface area is 181 Å². The van der Waals surface area contributed by atoms with Gasteiger partial charge in [0, 0.05) is 32.7 Å². The Balaban J connectivity index is 1.20. The molecule has 0 radical (unpaired) electrons. The number of aryl methyl sites for hydroxylation is 1. The van der Waals surface area contributed by atoms with Crippen LogP contribution in [-0.2, 0) is 20.9 Å². The lowest BCUT2D eigenvalue weighted by molar-refractivity contribution is -0.142. The average molecular weight is 422 g/mol. The molecule has 0 spiro atoms. The number of nitrogens with zero attached hydrogens (tertiary/aromatic N) is 2. The van der Waals surface area contributed by atoms with Crippen LogP contribution in [0.5, 0.6) is 11.5 Å². The third-order valence-corrected chi connectivity index (χ3v) is 6.26. The summed E-state index contributed by atoms with van der Waals surface area (Å²) in [4.78, 5) is 29.4. The molecule has 2 fully saturated rings. The van der Waals surface area contributed by atoms with Crippen molar-refractivity contribution in [2.75, 3.05) is 33.0 Å². The summed E-state index contributed by atoms with van der Waals surface area (Å²) in [6, 6.07) is 13.9. The van der Waals surface area contributed by atoms with Crippen molar-refractivity contribution in [1.29, 1.82) is 0 Å². The molecule has 2 atom stereocenters. The van der Waals surface area contributed by atoms with Crippen LogP contribution in [0.1, 0.15) is 29.2 Å². The van der Waals surface area contributed by atoms with Crippen molar-refractivity contribution >= 4 is 11.9 Å². The van der Waals surface area contributed by atoms with E-state index in [0.29, 0.717) is 13.1 Å². The van der Waals surface area contributed by atoms with Gasteiger partial charge in [-0.3, -0.25) is 14.5 Å². The zero-order valence-electron chi connectivity index (χ0n) is 17.6. The van der Waals surface area contributed by atoms with Crippen LogP contribution in [0.25, 0.3) is 0 Å². The van der Waals surface area contributed by atoms with Crippen molar-refractivity contribution in [3.63, 3.8) is 0 Å². The van der Waals surface area contributed by atoms with Crippen LogP contribution in [0.4, 0.5) is 0 Å². The first-order valence-electron chi connectivity index (χ1n) is 10.7. The van der Waals surface area contributed by atoms with Crippen LogP contribution >= 0.6 is 0 Å². The lowest BCUT2D eigenvalue weighted by Crippen LogP contribution is -2.50. The van der Waals surface area contributed by atoms with Gasteiger partial charge in [0.15, 0.2) is 11.5 Å². The summed E-state index contributed by atoms with van der Waals surface area (Å²) in [5, 5.41) is 0. The molecular formula is C24H26N2O5. The number of amides is 1. The van der Waals surface area contributed by atoms with Gasteiger partial charge in [-0.25, -0.2) is 0 Å². The van der Waals surface area contributed by atoms with E-state index in [1.54, 1.807) is 0 Å². The highest BCUT2D eigenvalue weighted by Gasteiger charge is 2.43. The maximum Gasteiger partial charge on any atom is 0.307 e. The van der Waals surface area contributed by atoms with E-state index < -0.39 is 12.0 Å². The molecule has 1 amide bonds. The SMILES string of the molecule is Cc1ccc(C2OC(=O)C[C@@H]2C(=O)N2CCN(Cc3ccc4c(c3)OCO4)CC2)cc1. The number of hydrogen-bond acceptors (Lipinski definition) is 6. The smallest absolute Gasteiger partial charge is 0.307 e. The first-order chi connectivity index (χ1) is 15.1. The standard InChI is InChI=1S/C24H26N2O5/c1-16-2-5-18(6-3-16)23-19(13-22(27)31-23)24(28)26-10-8-25(9-11-26)14-17-4-7-20-21(12-17)30-15-29-20/h2-7,12,19,23H,8-11,13-15H2,1H3/t19-,23?/m0/s1. The van der Waals surface area contributed by atoms with Crippen molar-refractivity contribution in [2.24, 2.45) is 5.92 Å². The Morgan fingerprint density at radius 3 is 2.52 bits per heavy atom. The van der Waals surface area contributed by atoms with Crippen LogP contribution in [0.15, 0.2) is 42.5 Å². The van der Waals surface area contributed by atoms with E-state index in [1.165, 1.54) is 5.56 Å². The van der Waals surface area contributed by atoms with Crippen LogP contribution in [0.3, 0.4) is 0 Å². The van der Waals surface area contributed by atoms with E-state index in [2.05, 4.69) is 11.0 Å². The van der Waals surface area contributed by atoms with Crippen molar-refractivity contribution < 1.29 is 23.8 Å². The van der Waals surface area contributed by atoms with E-state index in [-0.39, 0.29) is 25.1 Å². The predicted octanol–water partition coefficient (Wildman–Crippen LogP) is 2.67. The Morgan fingerprint density at radius 2 is 1.74 bits per heavy atom. The molecule has 162 valence electrons. The van der Waals surface area contributed by atoms with Gasteiger partial charge in [-0.2, -0.15) is 0 Å². The maximum absolute atomic E-state index is 13.2. The van der Waals surface area contributed by atoms with Gasteiger partial charge >= 0.3 is 5.97 Å². The quantitative estimate of drug-likeness (QED) is 0.706. The Hall–Kier alpha value is -3.06. The van der Waals surface area contributed by atoms with Gasteiger partial charge in [0.2, 0.25) is 12.7 Å². The number of piperazine rings is 1. The number of carbonyl (C=O) groups excluding carboxylic acids is 2. The predicted molar refractivity (Wildman–Crippen MR) is 113 cm³/mol. The molecule has 7 nitrogen and oxygen atoms in total. The molecule has 5 rings (SSSR count). The fourth-order valence-corrected chi connectivity index (χ4v) is 4.49. The monoisotopic (exact) mass is 422 g/mol. The molecule has 2 aromatic carbocycles. The second kappa shape index (κ2) is 8.23. The van der Waals surface area contributed by atoms with E-state index >= 15 is 0 Å². The summed E-state index contributed by atoms with van der Waals surface area (Å²) in [7, 11) is 0. The lowest BCUT2D eigenvalue weighted by atomic mass is 9.93. The van der Waals surface area contributed by atoms with Gasteiger partial charge in [-0.15, -0.1) is 0 Å². The van der Waals surface area contributed by atoms with Crippen molar-refractivity contribution in [3.8, 4) is 11.5 Å². The second-order valence-corrected chi connectivity index (χ2v) is 8.42. The fourth-order valence-electron chi connectivity index (χ4n) is 4.49. The van der Waals surface area contributed by atoms with Gasteiger partial charge in [0.1, 0.15) is 6.10 Å². The molecule has 3 aliphatic heterocycles. The normalized spacial score (nSPS) is 23.1. The highest BCUT2D eigenvalue weighted by Crippen LogP contribution is 2.37. The second-order valence-electron chi connectivity index (χ2n) is 8.42. The van der Waals surface area contributed by atoms with Gasteiger partial charge in [0.05, 0.1) is 12.3 Å². The first kappa shape index (κ1) is 19.9. The minimum Gasteiger partial charge on any atom is -0.457 e. The highest BCUT2D eigenvalue weighted by molar-refractivity contribution is 5.87. The molecule has 3 heterocycles.